The van der Waals surface area contributed by atoms with Crippen LogP contribution in [0.15, 0.2) is 18.2 Å². The summed E-state index contributed by atoms with van der Waals surface area (Å²) in [6, 6.07) is 6.56. The molecule has 0 aromatic heterocycles. The van der Waals surface area contributed by atoms with Gasteiger partial charge in [0.1, 0.15) is 0 Å². The van der Waals surface area contributed by atoms with Crippen LogP contribution in [0.4, 0.5) is 11.4 Å². The van der Waals surface area contributed by atoms with Crippen LogP contribution in [0.25, 0.3) is 0 Å². The average molecular weight is 248 g/mol. The molecule has 1 heterocycles. The van der Waals surface area contributed by atoms with E-state index in [1.165, 1.54) is 29.8 Å². The smallest absolute Gasteiger partial charge is 0.0511 e. The summed E-state index contributed by atoms with van der Waals surface area (Å²) < 4.78 is 5.50. The Morgan fingerprint density at radius 2 is 2.22 bits per heavy atom. The lowest BCUT2D eigenvalue weighted by Crippen LogP contribution is -2.24. The molecular weight excluding hydrogens is 224 g/mol. The molecule has 1 N–H and O–H groups in total. The van der Waals surface area contributed by atoms with Crippen LogP contribution in [0.1, 0.15) is 18.4 Å². The normalized spacial score (nSPS) is 19.6. The van der Waals surface area contributed by atoms with E-state index >= 15 is 0 Å². The molecule has 0 saturated carbocycles. The van der Waals surface area contributed by atoms with Crippen LogP contribution < -0.4 is 10.2 Å². The molecule has 1 atom stereocenters. The Hall–Kier alpha value is -1.22. The maximum Gasteiger partial charge on any atom is 0.0511 e. The highest BCUT2D eigenvalue weighted by Gasteiger charge is 2.13. The van der Waals surface area contributed by atoms with E-state index in [9.17, 15) is 0 Å². The number of hydrogen-bond acceptors (Lipinski definition) is 3. The van der Waals surface area contributed by atoms with Gasteiger partial charge in [-0.3, -0.25) is 0 Å². The standard InChI is InChI=1S/C15H24N2O/c1-12-9-14(17(2)3)6-7-15(12)16-10-13-5-4-8-18-11-13/h6-7,9,13,16H,4-5,8,10-11H2,1-3H3. The number of nitrogens with one attached hydrogen (secondary N) is 1. The maximum atomic E-state index is 5.50. The van der Waals surface area contributed by atoms with Crippen LogP contribution in [-0.2, 0) is 4.74 Å². The number of nitrogens with zero attached hydrogens (tertiary/aromatic N) is 1. The summed E-state index contributed by atoms with van der Waals surface area (Å²) in [4.78, 5) is 2.13. The molecule has 1 fully saturated rings. The minimum Gasteiger partial charge on any atom is -0.384 e. The number of anilines is 2. The predicted octanol–water partition coefficient (Wildman–Crippen LogP) is 2.90. The Labute approximate surface area is 110 Å². The monoisotopic (exact) mass is 248 g/mol. The first-order valence-electron chi connectivity index (χ1n) is 6.76. The minimum atomic E-state index is 0.659. The van der Waals surface area contributed by atoms with Crippen LogP contribution in [0.2, 0.25) is 0 Å². The molecule has 1 aromatic rings. The van der Waals surface area contributed by atoms with Crippen LogP contribution in [0.3, 0.4) is 0 Å². The molecule has 0 bridgehead atoms. The van der Waals surface area contributed by atoms with Crippen molar-refractivity contribution in [3.05, 3.63) is 23.8 Å². The van der Waals surface area contributed by atoms with Crippen molar-refractivity contribution in [3.8, 4) is 0 Å². The fourth-order valence-corrected chi connectivity index (χ4v) is 2.35. The highest BCUT2D eigenvalue weighted by Crippen LogP contribution is 2.22. The van der Waals surface area contributed by atoms with Gasteiger partial charge in [0, 0.05) is 38.6 Å². The van der Waals surface area contributed by atoms with Gasteiger partial charge in [-0.15, -0.1) is 0 Å². The summed E-state index contributed by atoms with van der Waals surface area (Å²) in [5.74, 6) is 0.659. The molecule has 0 amide bonds. The molecule has 1 unspecified atom stereocenters. The Bertz CT molecular complexity index is 384. The van der Waals surface area contributed by atoms with Gasteiger partial charge in [-0.2, -0.15) is 0 Å². The third-order valence-corrected chi connectivity index (χ3v) is 3.56. The van der Waals surface area contributed by atoms with E-state index < -0.39 is 0 Å². The Kier molecular flexibility index (Phi) is 4.48. The average Bonchev–Trinajstić information content (AvgIpc) is 2.38. The molecular formula is C15H24N2O. The molecule has 0 spiro atoms. The number of rotatable bonds is 4. The van der Waals surface area contributed by atoms with Crippen molar-refractivity contribution in [2.45, 2.75) is 19.8 Å². The molecule has 1 saturated heterocycles. The largest absolute Gasteiger partial charge is 0.384 e. The summed E-state index contributed by atoms with van der Waals surface area (Å²) in [7, 11) is 4.14. The van der Waals surface area contributed by atoms with Gasteiger partial charge in [-0.25, -0.2) is 0 Å². The third-order valence-electron chi connectivity index (χ3n) is 3.56. The van der Waals surface area contributed by atoms with E-state index in [0.717, 1.165) is 19.8 Å². The molecule has 0 aliphatic carbocycles. The highest BCUT2D eigenvalue weighted by atomic mass is 16.5. The van der Waals surface area contributed by atoms with Crippen LogP contribution in [-0.4, -0.2) is 33.9 Å². The van der Waals surface area contributed by atoms with Gasteiger partial charge >= 0.3 is 0 Å². The van der Waals surface area contributed by atoms with Crippen molar-refractivity contribution in [2.75, 3.05) is 44.1 Å². The van der Waals surface area contributed by atoms with Crippen molar-refractivity contribution >= 4 is 11.4 Å². The van der Waals surface area contributed by atoms with Gasteiger partial charge in [0.25, 0.3) is 0 Å². The van der Waals surface area contributed by atoms with E-state index in [0.29, 0.717) is 5.92 Å². The predicted molar refractivity (Wildman–Crippen MR) is 77.5 cm³/mol. The minimum absolute atomic E-state index is 0.659. The van der Waals surface area contributed by atoms with E-state index in [1.807, 2.05) is 0 Å². The number of hydrogen-bond donors (Lipinski definition) is 1. The van der Waals surface area contributed by atoms with Gasteiger partial charge in [0.15, 0.2) is 0 Å². The van der Waals surface area contributed by atoms with Crippen molar-refractivity contribution in [1.82, 2.24) is 0 Å². The maximum absolute atomic E-state index is 5.50. The number of benzene rings is 1. The first-order chi connectivity index (χ1) is 8.66. The third kappa shape index (κ3) is 3.39. The zero-order valence-electron chi connectivity index (χ0n) is 11.7. The summed E-state index contributed by atoms with van der Waals surface area (Å²) in [5.41, 5.74) is 3.79. The Balaban J connectivity index is 1.92. The van der Waals surface area contributed by atoms with Crippen molar-refractivity contribution in [1.29, 1.82) is 0 Å². The number of ether oxygens (including phenoxy) is 1. The van der Waals surface area contributed by atoms with Gasteiger partial charge in [0.05, 0.1) is 6.61 Å². The fourth-order valence-electron chi connectivity index (χ4n) is 2.35. The first kappa shape index (κ1) is 13.2. The van der Waals surface area contributed by atoms with Gasteiger partial charge < -0.3 is 15.0 Å². The van der Waals surface area contributed by atoms with Crippen molar-refractivity contribution < 1.29 is 4.74 Å². The number of aryl methyl sites for hydroxylation is 1. The molecule has 3 heteroatoms. The summed E-state index contributed by atoms with van der Waals surface area (Å²) >= 11 is 0. The molecule has 2 rings (SSSR count). The summed E-state index contributed by atoms with van der Waals surface area (Å²) in [5, 5.41) is 3.55. The quantitative estimate of drug-likeness (QED) is 0.886. The SMILES string of the molecule is Cc1cc(N(C)C)ccc1NCC1CCCOC1. The zero-order chi connectivity index (χ0) is 13.0. The molecule has 0 radical (unpaired) electrons. The van der Waals surface area contributed by atoms with Crippen molar-refractivity contribution in [3.63, 3.8) is 0 Å². The lowest BCUT2D eigenvalue weighted by molar-refractivity contribution is 0.0595. The van der Waals surface area contributed by atoms with Crippen LogP contribution >= 0.6 is 0 Å². The molecule has 1 aromatic carbocycles. The molecule has 1 aliphatic rings. The molecule has 18 heavy (non-hydrogen) atoms. The van der Waals surface area contributed by atoms with E-state index in [4.69, 9.17) is 4.74 Å². The zero-order valence-corrected chi connectivity index (χ0v) is 11.7. The van der Waals surface area contributed by atoms with E-state index in [-0.39, 0.29) is 0 Å². The highest BCUT2D eigenvalue weighted by molar-refractivity contribution is 5.59. The molecule has 3 nitrogen and oxygen atoms in total. The topological polar surface area (TPSA) is 24.5 Å². The van der Waals surface area contributed by atoms with Gasteiger partial charge in [-0.05, 0) is 49.4 Å². The second kappa shape index (κ2) is 6.10. The van der Waals surface area contributed by atoms with E-state index in [1.54, 1.807) is 0 Å². The van der Waals surface area contributed by atoms with Crippen molar-refractivity contribution in [2.24, 2.45) is 5.92 Å². The second-order valence-corrected chi connectivity index (χ2v) is 5.36. The van der Waals surface area contributed by atoms with E-state index in [2.05, 4.69) is 49.4 Å². The molecule has 100 valence electrons. The molecule has 1 aliphatic heterocycles. The Morgan fingerprint density at radius 3 is 2.83 bits per heavy atom. The lowest BCUT2D eigenvalue weighted by atomic mass is 10.0. The fraction of sp³-hybridized carbons (Fsp3) is 0.600. The Morgan fingerprint density at radius 1 is 1.39 bits per heavy atom. The van der Waals surface area contributed by atoms with Gasteiger partial charge in [-0.1, -0.05) is 0 Å². The second-order valence-electron chi connectivity index (χ2n) is 5.36. The van der Waals surface area contributed by atoms with Gasteiger partial charge in [0.2, 0.25) is 0 Å². The van der Waals surface area contributed by atoms with Crippen LogP contribution in [0.5, 0.6) is 0 Å². The first-order valence-corrected chi connectivity index (χ1v) is 6.76. The summed E-state index contributed by atoms with van der Waals surface area (Å²) in [6.45, 7) is 5.02. The summed E-state index contributed by atoms with van der Waals surface area (Å²) in [6.07, 6.45) is 2.48. The lowest BCUT2D eigenvalue weighted by Gasteiger charge is -2.23. The van der Waals surface area contributed by atoms with Crippen LogP contribution in [0, 0.1) is 12.8 Å².